The van der Waals surface area contributed by atoms with E-state index < -0.39 is 60.0 Å². The zero-order valence-corrected chi connectivity index (χ0v) is 43.5. The molecule has 0 bridgehead atoms. The Bertz CT molecular complexity index is 2190. The van der Waals surface area contributed by atoms with Crippen molar-refractivity contribution in [2.45, 2.75) is 177 Å². The molecular weight excluding hydrogens is 881 g/mol. The van der Waals surface area contributed by atoms with Crippen LogP contribution in [-0.4, -0.2) is 111 Å². The molecule has 14 atom stereocenters. The van der Waals surface area contributed by atoms with Crippen molar-refractivity contribution < 1.29 is 57.1 Å². The lowest BCUT2D eigenvalue weighted by atomic mass is 9.33. The fourth-order valence-corrected chi connectivity index (χ4v) is 15.6. The maximum atomic E-state index is 14.8. The number of amides is 1. The molecule has 0 radical (unpaired) electrons. The highest BCUT2D eigenvalue weighted by Gasteiger charge is 2.69. The van der Waals surface area contributed by atoms with Gasteiger partial charge >= 0.3 is 23.9 Å². The molecule has 0 unspecified atom stereocenters. The number of para-hydroxylation sites is 2. The molecule has 6 fully saturated rings. The summed E-state index contributed by atoms with van der Waals surface area (Å²) in [5.74, 6) is -0.351. The summed E-state index contributed by atoms with van der Waals surface area (Å²) < 4.78 is 41.7. The number of methoxy groups -OCH3 is 1. The van der Waals surface area contributed by atoms with E-state index in [2.05, 4.69) is 70.4 Å². The van der Waals surface area contributed by atoms with Gasteiger partial charge in [-0.1, -0.05) is 72.2 Å². The predicted octanol–water partition coefficient (Wildman–Crippen LogP) is 8.61. The normalized spacial score (nSPS) is 40.3. The highest BCUT2D eigenvalue weighted by atomic mass is 16.7. The summed E-state index contributed by atoms with van der Waals surface area (Å²) in [4.78, 5) is 68.9. The summed E-state index contributed by atoms with van der Waals surface area (Å²) in [7, 11) is 1.71. The number of nitrogens with zero attached hydrogens (tertiary/aromatic N) is 2. The molecule has 14 nitrogen and oxygen atoms in total. The Morgan fingerprint density at radius 3 is 2.00 bits per heavy atom. The van der Waals surface area contributed by atoms with Crippen LogP contribution in [0.4, 0.5) is 5.69 Å². The van der Waals surface area contributed by atoms with Crippen molar-refractivity contribution in [2.75, 3.05) is 44.8 Å². The molecule has 0 N–H and O–H groups in total. The summed E-state index contributed by atoms with van der Waals surface area (Å²) in [5.41, 5.74) is 2.07. The molecule has 1 aromatic carbocycles. The minimum absolute atomic E-state index is 0.0123. The molecule has 1 aromatic rings. The molecular formula is C55H80N2O12. The van der Waals surface area contributed by atoms with Gasteiger partial charge in [-0.3, -0.25) is 24.0 Å². The Labute approximate surface area is 410 Å². The summed E-state index contributed by atoms with van der Waals surface area (Å²) in [6.45, 7) is 24.6. The second kappa shape index (κ2) is 18.8. The number of anilines is 1. The second-order valence-corrected chi connectivity index (χ2v) is 23.8. The average molecular weight is 961 g/mol. The fraction of sp³-hybridized carbons (Fsp3) is 0.764. The molecule has 0 spiro atoms. The van der Waals surface area contributed by atoms with Crippen LogP contribution in [0.2, 0.25) is 0 Å². The SMILES string of the molecule is COc1ccccc1N1CCN(C(=O)[C@@]2(C)CC[C@]3(C)CC[C@]4(C)C(=CC[C@@H]5[C@@]6(C)CC[C@H](O[C@@H]7O[C@H](COC(C)=O)[C@@H](OC(C)=O)[C@H](OC(C)=O)[C@H]7OC(C)=O)C(C)(C)[C@@H]6CC[C@]54C)[C@@H]3C2)CC1. The predicted molar refractivity (Wildman–Crippen MR) is 258 cm³/mol. The number of hydrogen-bond donors (Lipinski definition) is 0. The lowest BCUT2D eigenvalue weighted by Gasteiger charge is -2.71. The van der Waals surface area contributed by atoms with Crippen LogP contribution < -0.4 is 9.64 Å². The van der Waals surface area contributed by atoms with Gasteiger partial charge in [-0.15, -0.1) is 0 Å². The lowest BCUT2D eigenvalue weighted by Crippen LogP contribution is -2.66. The fourth-order valence-electron chi connectivity index (χ4n) is 15.6. The van der Waals surface area contributed by atoms with Crippen molar-refractivity contribution in [1.29, 1.82) is 0 Å². The first kappa shape index (κ1) is 51.2. The van der Waals surface area contributed by atoms with E-state index in [9.17, 15) is 24.0 Å². The quantitative estimate of drug-likeness (QED) is 0.0952. The molecule has 5 aliphatic carbocycles. The molecule has 14 heteroatoms. The van der Waals surface area contributed by atoms with Crippen LogP contribution in [0, 0.1) is 50.2 Å². The van der Waals surface area contributed by atoms with Gasteiger partial charge < -0.3 is 43.0 Å². The first-order valence-electron chi connectivity index (χ1n) is 25.7. The van der Waals surface area contributed by atoms with Gasteiger partial charge in [-0.05, 0) is 121 Å². The lowest BCUT2D eigenvalue weighted by molar-refractivity contribution is -0.333. The third-order valence-corrected chi connectivity index (χ3v) is 19.5. The van der Waals surface area contributed by atoms with Gasteiger partial charge in [0.1, 0.15) is 18.5 Å². The summed E-state index contributed by atoms with van der Waals surface area (Å²) in [6, 6.07) is 8.14. The molecule has 4 saturated carbocycles. The van der Waals surface area contributed by atoms with Crippen LogP contribution in [0.3, 0.4) is 0 Å². The maximum Gasteiger partial charge on any atom is 0.303 e. The van der Waals surface area contributed by atoms with Crippen molar-refractivity contribution in [2.24, 2.45) is 50.2 Å². The molecule has 7 aliphatic rings. The molecule has 69 heavy (non-hydrogen) atoms. The van der Waals surface area contributed by atoms with E-state index in [1.807, 2.05) is 18.2 Å². The zero-order valence-electron chi connectivity index (χ0n) is 43.5. The van der Waals surface area contributed by atoms with E-state index in [1.165, 1.54) is 27.7 Å². The highest BCUT2D eigenvalue weighted by Crippen LogP contribution is 2.76. The molecule has 382 valence electrons. The number of esters is 4. The number of piperazine rings is 1. The van der Waals surface area contributed by atoms with Gasteiger partial charge in [0, 0.05) is 59.3 Å². The van der Waals surface area contributed by atoms with Gasteiger partial charge in [0.25, 0.3) is 0 Å². The number of ether oxygens (including phenoxy) is 7. The Balaban J connectivity index is 1.02. The van der Waals surface area contributed by atoms with Crippen molar-refractivity contribution in [3.8, 4) is 5.75 Å². The number of fused-ring (bicyclic) bond motifs is 7. The smallest absolute Gasteiger partial charge is 0.303 e. The van der Waals surface area contributed by atoms with Gasteiger partial charge in [0.2, 0.25) is 5.91 Å². The van der Waals surface area contributed by atoms with E-state index in [1.54, 1.807) is 12.7 Å². The van der Waals surface area contributed by atoms with Gasteiger partial charge in [-0.2, -0.15) is 0 Å². The van der Waals surface area contributed by atoms with Crippen LogP contribution in [0.5, 0.6) is 5.75 Å². The first-order chi connectivity index (χ1) is 32.4. The number of hydrogen-bond acceptors (Lipinski definition) is 13. The van der Waals surface area contributed by atoms with Gasteiger partial charge in [0.15, 0.2) is 24.6 Å². The number of rotatable bonds is 10. The van der Waals surface area contributed by atoms with E-state index >= 15 is 0 Å². The average Bonchev–Trinajstić information content (AvgIpc) is 3.28. The third-order valence-electron chi connectivity index (χ3n) is 19.5. The Hall–Kier alpha value is -4.17. The largest absolute Gasteiger partial charge is 0.495 e. The molecule has 2 saturated heterocycles. The van der Waals surface area contributed by atoms with E-state index in [0.717, 1.165) is 82.3 Å². The second-order valence-electron chi connectivity index (χ2n) is 23.8. The van der Waals surface area contributed by atoms with Crippen LogP contribution in [0.15, 0.2) is 35.9 Å². The molecule has 1 amide bonds. The highest BCUT2D eigenvalue weighted by molar-refractivity contribution is 5.83. The van der Waals surface area contributed by atoms with E-state index in [-0.39, 0.29) is 45.7 Å². The minimum Gasteiger partial charge on any atom is -0.495 e. The van der Waals surface area contributed by atoms with Crippen LogP contribution >= 0.6 is 0 Å². The Morgan fingerprint density at radius 2 is 1.35 bits per heavy atom. The Kier molecular flexibility index (Phi) is 13.9. The molecule has 2 heterocycles. The zero-order chi connectivity index (χ0) is 50.1. The third kappa shape index (κ3) is 8.98. The molecule has 2 aliphatic heterocycles. The van der Waals surface area contributed by atoms with Crippen LogP contribution in [-0.2, 0) is 52.4 Å². The number of carbonyl (C=O) groups excluding carboxylic acids is 5. The van der Waals surface area contributed by atoms with Crippen LogP contribution in [0.25, 0.3) is 0 Å². The van der Waals surface area contributed by atoms with Gasteiger partial charge in [-0.25, -0.2) is 0 Å². The van der Waals surface area contributed by atoms with Crippen molar-refractivity contribution in [3.05, 3.63) is 35.9 Å². The number of benzene rings is 1. The van der Waals surface area contributed by atoms with Crippen molar-refractivity contribution in [3.63, 3.8) is 0 Å². The number of allylic oxidation sites excluding steroid dienone is 2. The van der Waals surface area contributed by atoms with E-state index in [0.29, 0.717) is 37.3 Å². The Morgan fingerprint density at radius 1 is 0.710 bits per heavy atom. The van der Waals surface area contributed by atoms with Crippen LogP contribution in [0.1, 0.15) is 140 Å². The van der Waals surface area contributed by atoms with Crippen molar-refractivity contribution >= 4 is 35.5 Å². The summed E-state index contributed by atoms with van der Waals surface area (Å²) in [5, 5.41) is 0. The topological polar surface area (TPSA) is 156 Å². The standard InChI is InChI=1S/C55H80N2O12/c1-33(58)64-32-41-45(65-34(2)59)46(66-35(3)60)47(67-36(4)61)48(68-41)69-44-20-21-53(9)42(50(44,5)6)19-22-55(11)43(53)18-17-37-38-31-52(8,24-23-51(38,7)25-26-54(37,55)10)49(62)57-29-27-56(28-30-57)39-15-13-14-16-40(39)63-12/h13-17,38,41-48H,18-32H2,1-12H3/t38-,41+,42-,43+,44-,45+,46-,47+,48-,51+,52-,53-,54+,55+/m0/s1. The monoisotopic (exact) mass is 961 g/mol. The summed E-state index contributed by atoms with van der Waals surface area (Å²) >= 11 is 0. The van der Waals surface area contributed by atoms with E-state index in [4.69, 9.17) is 33.2 Å². The molecule has 0 aromatic heterocycles. The summed E-state index contributed by atoms with van der Waals surface area (Å²) in [6.07, 6.45) is 6.08. The van der Waals surface area contributed by atoms with Crippen molar-refractivity contribution in [1.82, 2.24) is 4.90 Å². The van der Waals surface area contributed by atoms with Gasteiger partial charge in [0.05, 0.1) is 18.9 Å². The molecule has 8 rings (SSSR count). The first-order valence-corrected chi connectivity index (χ1v) is 25.7. The minimum atomic E-state index is -1.29. The maximum absolute atomic E-state index is 14.8. The number of carbonyl (C=O) groups is 5.